The average Bonchev–Trinajstić information content (AvgIpc) is 3.57. The van der Waals surface area contributed by atoms with Crippen LogP contribution in [0.2, 0.25) is 0 Å². The third kappa shape index (κ3) is 3.93. The summed E-state index contributed by atoms with van der Waals surface area (Å²) in [5.74, 6) is 0.939. The minimum Gasteiger partial charge on any atom is -0.481 e. The summed E-state index contributed by atoms with van der Waals surface area (Å²) in [7, 11) is 1.55. The first-order chi connectivity index (χ1) is 14.1. The number of carbonyl (C=O) groups is 2. The van der Waals surface area contributed by atoms with E-state index in [1.165, 1.54) is 12.8 Å². The van der Waals surface area contributed by atoms with Gasteiger partial charge in [0.1, 0.15) is 0 Å². The number of rotatable bonds is 6. The van der Waals surface area contributed by atoms with Gasteiger partial charge in [-0.3, -0.25) is 9.59 Å². The lowest BCUT2D eigenvalue weighted by Crippen LogP contribution is -2.47. The topological polar surface area (TPSA) is 68.7 Å². The van der Waals surface area contributed by atoms with Crippen LogP contribution in [0.25, 0.3) is 10.9 Å². The summed E-state index contributed by atoms with van der Waals surface area (Å²) in [4.78, 5) is 32.4. The average molecular weight is 396 g/mol. The summed E-state index contributed by atoms with van der Waals surface area (Å²) >= 11 is 0. The minimum absolute atomic E-state index is 0.0363. The fourth-order valence-electron chi connectivity index (χ4n) is 4.39. The summed E-state index contributed by atoms with van der Waals surface area (Å²) in [6, 6.07) is 9.31. The third-order valence-electron chi connectivity index (χ3n) is 6.22. The molecule has 0 N–H and O–H groups in total. The van der Waals surface area contributed by atoms with E-state index < -0.39 is 5.41 Å². The maximum atomic E-state index is 13.3. The highest BCUT2D eigenvalue weighted by molar-refractivity contribution is 6.06. The van der Waals surface area contributed by atoms with Crippen molar-refractivity contribution < 1.29 is 19.1 Å². The zero-order valence-corrected chi connectivity index (χ0v) is 17.1. The highest BCUT2D eigenvalue weighted by Crippen LogP contribution is 2.46. The van der Waals surface area contributed by atoms with Crippen LogP contribution in [0, 0.1) is 11.3 Å². The molecule has 0 unspecified atom stereocenters. The Labute approximate surface area is 171 Å². The molecule has 0 spiro atoms. The van der Waals surface area contributed by atoms with E-state index in [0.29, 0.717) is 49.9 Å². The van der Waals surface area contributed by atoms with Crippen molar-refractivity contribution in [1.82, 2.24) is 9.88 Å². The van der Waals surface area contributed by atoms with Crippen LogP contribution >= 0.6 is 0 Å². The number of ether oxygens (including phenoxy) is 2. The normalized spacial score (nSPS) is 18.5. The zero-order chi connectivity index (χ0) is 20.4. The van der Waals surface area contributed by atoms with Gasteiger partial charge < -0.3 is 14.4 Å². The van der Waals surface area contributed by atoms with Crippen molar-refractivity contribution in [3.63, 3.8) is 0 Å². The van der Waals surface area contributed by atoms with Crippen LogP contribution in [0.3, 0.4) is 0 Å². The maximum absolute atomic E-state index is 13.3. The number of piperidine rings is 1. The molecule has 0 radical (unpaired) electrons. The Hall–Kier alpha value is -2.63. The lowest BCUT2D eigenvalue weighted by atomic mass is 9.74. The van der Waals surface area contributed by atoms with Gasteiger partial charge in [-0.25, -0.2) is 4.98 Å². The molecule has 2 aliphatic rings. The van der Waals surface area contributed by atoms with Gasteiger partial charge >= 0.3 is 5.97 Å². The number of hydrogen-bond donors (Lipinski definition) is 0. The molecule has 1 aromatic heterocycles. The second-order valence-corrected chi connectivity index (χ2v) is 8.17. The number of aromatic nitrogens is 1. The van der Waals surface area contributed by atoms with Crippen LogP contribution < -0.4 is 4.74 Å². The number of esters is 1. The fraction of sp³-hybridized carbons (Fsp3) is 0.522. The van der Waals surface area contributed by atoms with Gasteiger partial charge in [0.25, 0.3) is 5.91 Å². The predicted molar refractivity (Wildman–Crippen MR) is 110 cm³/mol. The summed E-state index contributed by atoms with van der Waals surface area (Å²) in [5, 5.41) is 0.818. The molecule has 2 aromatic rings. The van der Waals surface area contributed by atoms with Crippen LogP contribution in [0.15, 0.2) is 30.3 Å². The third-order valence-corrected chi connectivity index (χ3v) is 6.22. The Kier molecular flexibility index (Phi) is 5.43. The van der Waals surface area contributed by atoms with Gasteiger partial charge in [0.2, 0.25) is 5.88 Å². The molecule has 29 heavy (non-hydrogen) atoms. The molecular weight excluding hydrogens is 368 g/mol. The SMILES string of the molecule is CCOC(=O)C1(CC2CC2)CCN(C(=O)c2cc(OC)nc3ccccc23)CC1. The largest absolute Gasteiger partial charge is 0.481 e. The number of pyridine rings is 1. The van der Waals surface area contributed by atoms with E-state index in [1.54, 1.807) is 13.2 Å². The minimum atomic E-state index is -0.439. The molecule has 1 aliphatic heterocycles. The van der Waals surface area contributed by atoms with E-state index in [-0.39, 0.29) is 11.9 Å². The lowest BCUT2D eigenvalue weighted by Gasteiger charge is -2.40. The van der Waals surface area contributed by atoms with E-state index in [2.05, 4.69) is 4.98 Å². The van der Waals surface area contributed by atoms with Crippen molar-refractivity contribution in [3.8, 4) is 5.88 Å². The number of hydrogen-bond acceptors (Lipinski definition) is 5. The molecule has 6 nitrogen and oxygen atoms in total. The Bertz CT molecular complexity index is 914. The smallest absolute Gasteiger partial charge is 0.312 e. The van der Waals surface area contributed by atoms with E-state index in [0.717, 1.165) is 17.3 Å². The quantitative estimate of drug-likeness (QED) is 0.694. The van der Waals surface area contributed by atoms with Gasteiger partial charge in [-0.2, -0.15) is 0 Å². The van der Waals surface area contributed by atoms with Gasteiger partial charge in [0, 0.05) is 24.5 Å². The number of carbonyl (C=O) groups excluding carboxylic acids is 2. The van der Waals surface area contributed by atoms with Crippen LogP contribution in [0.4, 0.5) is 0 Å². The summed E-state index contributed by atoms with van der Waals surface area (Å²) < 4.78 is 10.7. The van der Waals surface area contributed by atoms with Gasteiger partial charge in [0.05, 0.1) is 30.2 Å². The second kappa shape index (κ2) is 8.01. The van der Waals surface area contributed by atoms with Gasteiger partial charge in [0.15, 0.2) is 0 Å². The molecule has 6 heteroatoms. The van der Waals surface area contributed by atoms with Crippen molar-refractivity contribution in [3.05, 3.63) is 35.9 Å². The molecule has 154 valence electrons. The molecule has 1 saturated heterocycles. The monoisotopic (exact) mass is 396 g/mol. The van der Waals surface area contributed by atoms with Gasteiger partial charge in [-0.05, 0) is 38.2 Å². The molecular formula is C23H28N2O4. The van der Waals surface area contributed by atoms with E-state index in [1.807, 2.05) is 36.1 Å². The van der Waals surface area contributed by atoms with Crippen molar-refractivity contribution in [2.45, 2.75) is 39.0 Å². The number of benzene rings is 1. The van der Waals surface area contributed by atoms with Crippen LogP contribution in [-0.2, 0) is 9.53 Å². The molecule has 4 rings (SSSR count). The lowest BCUT2D eigenvalue weighted by molar-refractivity contribution is -0.159. The summed E-state index contributed by atoms with van der Waals surface area (Å²) in [6.07, 6.45) is 4.61. The number of fused-ring (bicyclic) bond motifs is 1. The molecule has 1 saturated carbocycles. The Morgan fingerprint density at radius 2 is 1.93 bits per heavy atom. The highest BCUT2D eigenvalue weighted by atomic mass is 16.5. The Morgan fingerprint density at radius 3 is 2.59 bits per heavy atom. The first-order valence-electron chi connectivity index (χ1n) is 10.5. The van der Waals surface area contributed by atoms with Crippen LogP contribution in [0.1, 0.15) is 49.4 Å². The number of nitrogens with zero attached hydrogens (tertiary/aromatic N) is 2. The highest BCUT2D eigenvalue weighted by Gasteiger charge is 2.46. The fourth-order valence-corrected chi connectivity index (χ4v) is 4.39. The number of para-hydroxylation sites is 1. The summed E-state index contributed by atoms with van der Waals surface area (Å²) in [5.41, 5.74) is 0.895. The van der Waals surface area contributed by atoms with Crippen molar-refractivity contribution in [2.75, 3.05) is 26.8 Å². The Morgan fingerprint density at radius 1 is 1.21 bits per heavy atom. The molecule has 2 fully saturated rings. The van der Waals surface area contributed by atoms with E-state index >= 15 is 0 Å². The van der Waals surface area contributed by atoms with E-state index in [4.69, 9.17) is 9.47 Å². The van der Waals surface area contributed by atoms with Crippen molar-refractivity contribution in [1.29, 1.82) is 0 Å². The van der Waals surface area contributed by atoms with Crippen LogP contribution in [0.5, 0.6) is 5.88 Å². The first-order valence-corrected chi connectivity index (χ1v) is 10.5. The van der Waals surface area contributed by atoms with E-state index in [9.17, 15) is 9.59 Å². The molecule has 0 bridgehead atoms. The number of methoxy groups -OCH3 is 1. The molecule has 0 atom stereocenters. The predicted octanol–water partition coefficient (Wildman–Crippen LogP) is 3.83. The number of likely N-dealkylation sites (tertiary alicyclic amines) is 1. The maximum Gasteiger partial charge on any atom is 0.312 e. The first kappa shape index (κ1) is 19.7. The molecule has 1 aliphatic carbocycles. The number of amides is 1. The second-order valence-electron chi connectivity index (χ2n) is 8.17. The van der Waals surface area contributed by atoms with Crippen LogP contribution in [-0.4, -0.2) is 48.6 Å². The van der Waals surface area contributed by atoms with Gasteiger partial charge in [-0.15, -0.1) is 0 Å². The molecule has 1 aromatic carbocycles. The molecule has 2 heterocycles. The van der Waals surface area contributed by atoms with Crippen molar-refractivity contribution >= 4 is 22.8 Å². The Balaban J connectivity index is 1.56. The van der Waals surface area contributed by atoms with Crippen molar-refractivity contribution in [2.24, 2.45) is 11.3 Å². The summed E-state index contributed by atoms with van der Waals surface area (Å²) in [6.45, 7) is 3.37. The zero-order valence-electron chi connectivity index (χ0n) is 17.1. The standard InChI is InChI=1S/C23H28N2O4/c1-3-29-22(27)23(15-16-8-9-16)10-12-25(13-11-23)21(26)18-14-20(28-2)24-19-7-5-4-6-17(18)19/h4-7,14,16H,3,8-13,15H2,1-2H3. The molecule has 1 amide bonds. The van der Waals surface area contributed by atoms with Gasteiger partial charge in [-0.1, -0.05) is 31.0 Å².